The number of nitrogens with zero attached hydrogens (tertiary/aromatic N) is 8. The summed E-state index contributed by atoms with van der Waals surface area (Å²) in [7, 11) is 3.55. The minimum Gasteiger partial charge on any atom is -0.309 e. The molecule has 326 valence electrons. The van der Waals surface area contributed by atoms with Crippen molar-refractivity contribution in [2.24, 2.45) is 14.1 Å². The molecule has 0 radical (unpaired) electrons. The smallest absolute Gasteiger partial charge is 0.295 e. The summed E-state index contributed by atoms with van der Waals surface area (Å²) in [5.41, 5.74) is 4.91. The number of unbranched alkanes of at least 4 members (excludes halogenated alkanes) is 3. The van der Waals surface area contributed by atoms with E-state index < -0.39 is 9.74 Å². The van der Waals surface area contributed by atoms with Gasteiger partial charge in [-0.3, -0.25) is 47.9 Å². The van der Waals surface area contributed by atoms with Gasteiger partial charge in [-0.2, -0.15) is 0 Å². The van der Waals surface area contributed by atoms with Crippen LogP contribution in [-0.4, -0.2) is 67.0 Å². The number of anilines is 4. The van der Waals surface area contributed by atoms with Crippen molar-refractivity contribution in [2.75, 3.05) is 44.2 Å². The van der Waals surface area contributed by atoms with Crippen molar-refractivity contribution in [3.63, 3.8) is 0 Å². The van der Waals surface area contributed by atoms with E-state index >= 15 is 0 Å². The van der Waals surface area contributed by atoms with Crippen molar-refractivity contribution in [2.45, 2.75) is 49.3 Å². The van der Waals surface area contributed by atoms with Crippen LogP contribution in [0.15, 0.2) is 119 Å². The molecule has 2 atom stereocenters. The summed E-state index contributed by atoms with van der Waals surface area (Å²) in [6.45, 7) is 4.41. The first kappa shape index (κ1) is 41.5. The summed E-state index contributed by atoms with van der Waals surface area (Å²) in [5.74, 6) is -0.998. The Bertz CT molecular complexity index is 2830. The number of hydrogen-bond donors (Lipinski definition) is 0. The minimum absolute atomic E-state index is 0.0494. The molecule has 6 heterocycles. The molecule has 4 aliphatic heterocycles. The molecule has 4 aliphatic rings. The molecule has 0 bridgehead atoms. The van der Waals surface area contributed by atoms with Crippen LogP contribution in [0.3, 0.4) is 0 Å². The number of carbonyl (C=O) groups is 4. The Morgan fingerprint density at radius 1 is 0.484 bits per heavy atom. The van der Waals surface area contributed by atoms with Crippen molar-refractivity contribution in [3.05, 3.63) is 152 Å². The molecule has 2 unspecified atom stereocenters. The molecule has 10 rings (SSSR count). The van der Waals surface area contributed by atoms with Gasteiger partial charge in [0, 0.05) is 38.3 Å². The van der Waals surface area contributed by atoms with Crippen LogP contribution in [0, 0.1) is 13.8 Å². The summed E-state index contributed by atoms with van der Waals surface area (Å²) in [5, 5.41) is 0. The molecule has 0 N–H and O–H groups in total. The summed E-state index contributed by atoms with van der Waals surface area (Å²) in [6.07, 6.45) is 2.83. The molecule has 64 heavy (non-hydrogen) atoms. The molecule has 2 spiro atoms. The van der Waals surface area contributed by atoms with Gasteiger partial charge in [0.25, 0.3) is 22.9 Å². The van der Waals surface area contributed by atoms with E-state index in [0.717, 1.165) is 24.2 Å². The maximum Gasteiger partial charge on any atom is 0.295 e. The number of aromatic nitrogens is 4. The number of rotatable bonds is 11. The first-order chi connectivity index (χ1) is 30.9. The van der Waals surface area contributed by atoms with Crippen molar-refractivity contribution >= 4 is 69.9 Å². The second-order valence-corrected chi connectivity index (χ2v) is 18.8. The third-order valence-electron chi connectivity index (χ3n) is 13.1. The SMILES string of the molecule is Cc1c(N2C(=O)CSC23C(=O)N(CCCCCCN2C(=O)C4(SCC(=O)N4c4c(C)n(C)n(-c5ccccc5)c4=O)c4ccccc42)c2ccccc23)c(=O)n(-c2ccccc2)n1C. The van der Waals surface area contributed by atoms with Gasteiger partial charge in [-0.1, -0.05) is 85.6 Å². The highest BCUT2D eigenvalue weighted by molar-refractivity contribution is 8.02. The van der Waals surface area contributed by atoms with Gasteiger partial charge in [-0.05, 0) is 63.1 Å². The van der Waals surface area contributed by atoms with E-state index in [1.165, 1.54) is 42.7 Å². The van der Waals surface area contributed by atoms with Gasteiger partial charge in [0.1, 0.15) is 11.4 Å². The van der Waals surface area contributed by atoms with E-state index in [1.807, 2.05) is 109 Å². The molecular formula is C48H46N8O6S2. The lowest BCUT2D eigenvalue weighted by Crippen LogP contribution is -2.51. The van der Waals surface area contributed by atoms with Gasteiger partial charge in [0.05, 0.1) is 45.6 Å². The van der Waals surface area contributed by atoms with Crippen LogP contribution in [0.25, 0.3) is 11.4 Å². The minimum atomic E-state index is -1.42. The predicted octanol–water partition coefficient (Wildman–Crippen LogP) is 6.10. The molecule has 6 aromatic rings. The Labute approximate surface area is 377 Å². The van der Waals surface area contributed by atoms with Crippen LogP contribution in [-0.2, 0) is 43.0 Å². The van der Waals surface area contributed by atoms with Gasteiger partial charge < -0.3 is 9.80 Å². The standard InChI is InChI=1S/C48H46N8O6S2/c1-31-41(43(59)55(49(31)3)33-19-9-7-10-20-33)53-39(57)29-63-47(53)35-23-13-15-25-37(35)51(45(47)61)27-17-5-6-18-28-52-38-26-16-14-24-36(38)48(46(52)62)54(40(58)30-64-48)42-32(2)50(4)56(44(42)60)34-21-11-8-12-22-34/h7-16,19-26H,5-6,17-18,27-30H2,1-4H3. The second kappa shape index (κ2) is 15.6. The van der Waals surface area contributed by atoms with Crippen LogP contribution < -0.4 is 30.7 Å². The van der Waals surface area contributed by atoms with Crippen LogP contribution in [0.4, 0.5) is 22.7 Å². The molecule has 0 aliphatic carbocycles. The third kappa shape index (κ3) is 5.80. The predicted molar refractivity (Wildman–Crippen MR) is 251 cm³/mol. The van der Waals surface area contributed by atoms with Gasteiger partial charge >= 0.3 is 0 Å². The van der Waals surface area contributed by atoms with Gasteiger partial charge in [0.2, 0.25) is 21.6 Å². The molecule has 2 aromatic heterocycles. The molecular weight excluding hydrogens is 849 g/mol. The molecule has 0 saturated carbocycles. The van der Waals surface area contributed by atoms with E-state index in [0.29, 0.717) is 59.8 Å². The Hall–Kier alpha value is -6.52. The quantitative estimate of drug-likeness (QED) is 0.143. The van der Waals surface area contributed by atoms with Crippen LogP contribution in [0.1, 0.15) is 48.2 Å². The summed E-state index contributed by atoms with van der Waals surface area (Å²) >= 11 is 2.51. The normalized spacial score (nSPS) is 20.2. The lowest BCUT2D eigenvalue weighted by Gasteiger charge is -2.32. The van der Waals surface area contributed by atoms with Crippen molar-refractivity contribution < 1.29 is 19.2 Å². The molecule has 14 nitrogen and oxygen atoms in total. The van der Waals surface area contributed by atoms with Crippen LogP contribution in [0.2, 0.25) is 0 Å². The molecule has 2 saturated heterocycles. The Kier molecular flexibility index (Phi) is 10.1. The molecule has 4 amide bonds. The zero-order valence-corrected chi connectivity index (χ0v) is 37.5. The highest BCUT2D eigenvalue weighted by Gasteiger charge is 2.63. The van der Waals surface area contributed by atoms with Crippen molar-refractivity contribution in [1.82, 2.24) is 18.7 Å². The van der Waals surface area contributed by atoms with E-state index in [-0.39, 0.29) is 57.6 Å². The fraction of sp³-hybridized carbons (Fsp3) is 0.292. The number of fused-ring (bicyclic) bond motifs is 4. The summed E-state index contributed by atoms with van der Waals surface area (Å²) in [4.78, 5) is 89.6. The van der Waals surface area contributed by atoms with E-state index in [2.05, 4.69) is 0 Å². The van der Waals surface area contributed by atoms with Gasteiger partial charge in [0.15, 0.2) is 0 Å². The number of thioether (sulfide) groups is 2. The van der Waals surface area contributed by atoms with Crippen LogP contribution in [0.5, 0.6) is 0 Å². The number of para-hydroxylation sites is 4. The number of benzene rings is 4. The van der Waals surface area contributed by atoms with E-state index in [4.69, 9.17) is 0 Å². The molecule has 4 aromatic carbocycles. The lowest BCUT2D eigenvalue weighted by molar-refractivity contribution is -0.123. The highest BCUT2D eigenvalue weighted by Crippen LogP contribution is 2.57. The number of amides is 4. The van der Waals surface area contributed by atoms with Crippen molar-refractivity contribution in [3.8, 4) is 11.4 Å². The zero-order chi connectivity index (χ0) is 44.7. The van der Waals surface area contributed by atoms with Crippen molar-refractivity contribution in [1.29, 1.82) is 0 Å². The average Bonchev–Trinajstić information content (AvgIpc) is 4.07. The van der Waals surface area contributed by atoms with E-state index in [9.17, 15) is 28.8 Å². The topological polar surface area (TPSA) is 135 Å². The fourth-order valence-electron chi connectivity index (χ4n) is 9.98. The highest BCUT2D eigenvalue weighted by atomic mass is 32.2. The Morgan fingerprint density at radius 2 is 0.844 bits per heavy atom. The fourth-order valence-corrected chi connectivity index (χ4v) is 12.7. The van der Waals surface area contributed by atoms with E-state index in [1.54, 1.807) is 47.1 Å². The Morgan fingerprint density at radius 3 is 1.23 bits per heavy atom. The lowest BCUT2D eigenvalue weighted by atomic mass is 10.0. The maximum absolute atomic E-state index is 14.9. The van der Waals surface area contributed by atoms with Gasteiger partial charge in [-0.15, -0.1) is 23.5 Å². The summed E-state index contributed by atoms with van der Waals surface area (Å²) < 4.78 is 6.51. The first-order valence-electron chi connectivity index (χ1n) is 21.4. The molecule has 2 fully saturated rings. The molecule has 16 heteroatoms. The van der Waals surface area contributed by atoms with Crippen LogP contribution >= 0.6 is 23.5 Å². The van der Waals surface area contributed by atoms with Gasteiger partial charge in [-0.25, -0.2) is 9.36 Å². The monoisotopic (exact) mass is 894 g/mol. The number of hydrogen-bond acceptors (Lipinski definition) is 8. The second-order valence-electron chi connectivity index (χ2n) is 16.5. The average molecular weight is 895 g/mol. The third-order valence-corrected chi connectivity index (χ3v) is 15.9. The maximum atomic E-state index is 14.9. The Balaban J connectivity index is 0.860. The zero-order valence-electron chi connectivity index (χ0n) is 35.9. The largest absolute Gasteiger partial charge is 0.309 e. The first-order valence-corrected chi connectivity index (χ1v) is 23.4. The number of carbonyl (C=O) groups excluding carboxylic acids is 4. The summed E-state index contributed by atoms with van der Waals surface area (Å²) in [6, 6.07) is 33.5.